The number of amides is 1. The Balaban J connectivity index is 1.79. The molecule has 1 fully saturated rings. The van der Waals surface area contributed by atoms with Crippen molar-refractivity contribution in [1.29, 1.82) is 0 Å². The predicted octanol–water partition coefficient (Wildman–Crippen LogP) is 5.18. The van der Waals surface area contributed by atoms with Gasteiger partial charge in [-0.25, -0.2) is 13.2 Å². The number of rotatable bonds is 4. The summed E-state index contributed by atoms with van der Waals surface area (Å²) in [6.07, 6.45) is -0.883. The molecule has 6 nitrogen and oxygen atoms in total. The molecule has 1 aliphatic heterocycles. The highest BCUT2D eigenvalue weighted by Crippen LogP contribution is 2.41. The molecule has 1 aliphatic rings. The van der Waals surface area contributed by atoms with E-state index in [4.69, 9.17) is 23.1 Å². The SMILES string of the molecule is Cc1cc(F)cc(-c2nnc3cc(Cl)c(-c4cc(F)cc(C(N)=O)c4)cc3c2N2CC[C@@H](N)[C@H](F)C2)c1. The third-order valence-electron chi connectivity index (χ3n) is 6.54. The number of hydrogen-bond acceptors (Lipinski definition) is 5. The van der Waals surface area contributed by atoms with Crippen LogP contribution in [-0.2, 0) is 0 Å². The molecule has 0 spiro atoms. The van der Waals surface area contributed by atoms with Crippen molar-refractivity contribution >= 4 is 34.1 Å². The second-order valence-electron chi connectivity index (χ2n) is 9.27. The van der Waals surface area contributed by atoms with Crippen LogP contribution in [0.4, 0.5) is 18.9 Å². The number of piperidine rings is 1. The van der Waals surface area contributed by atoms with Gasteiger partial charge in [-0.3, -0.25) is 4.79 Å². The third kappa shape index (κ3) is 4.84. The van der Waals surface area contributed by atoms with Crippen molar-refractivity contribution in [1.82, 2.24) is 10.2 Å². The van der Waals surface area contributed by atoms with Gasteiger partial charge in [0.1, 0.15) is 23.5 Å². The standard InChI is InChI=1S/C27H23ClF3N5O/c1-13-4-15(8-17(29)5-13)25-26(36-3-2-23(32)22(31)12-36)20-10-19(21(28)11-24(20)34-35-25)14-6-16(27(33)37)9-18(30)7-14/h4-11,22-23H,2-3,12,32H2,1H3,(H2,33,37)/t22-,23-/m1/s1. The van der Waals surface area contributed by atoms with Gasteiger partial charge in [-0.05, 0) is 73.0 Å². The summed E-state index contributed by atoms with van der Waals surface area (Å²) >= 11 is 6.55. The number of carbonyl (C=O) groups is 1. The Hall–Kier alpha value is -3.69. The van der Waals surface area contributed by atoms with E-state index < -0.39 is 29.8 Å². The lowest BCUT2D eigenvalue weighted by molar-refractivity contribution is 0.1000. The lowest BCUT2D eigenvalue weighted by atomic mass is 9.96. The second kappa shape index (κ2) is 9.64. The number of aromatic nitrogens is 2. The first-order valence-corrected chi connectivity index (χ1v) is 12.0. The highest BCUT2D eigenvalue weighted by molar-refractivity contribution is 6.34. The molecule has 4 aromatic rings. The summed E-state index contributed by atoms with van der Waals surface area (Å²) in [5.74, 6) is -1.88. The van der Waals surface area contributed by atoms with Crippen LogP contribution in [0, 0.1) is 18.6 Å². The van der Waals surface area contributed by atoms with Crippen molar-refractivity contribution in [2.75, 3.05) is 18.0 Å². The largest absolute Gasteiger partial charge is 0.366 e. The fourth-order valence-corrected chi connectivity index (χ4v) is 5.00. The Kier molecular flexibility index (Phi) is 6.51. The van der Waals surface area contributed by atoms with Crippen molar-refractivity contribution in [3.63, 3.8) is 0 Å². The summed E-state index contributed by atoms with van der Waals surface area (Å²) in [4.78, 5) is 13.5. The Bertz CT molecular complexity index is 1530. The molecule has 3 aromatic carbocycles. The van der Waals surface area contributed by atoms with Crippen molar-refractivity contribution in [3.05, 3.63) is 76.3 Å². The van der Waals surface area contributed by atoms with Gasteiger partial charge in [-0.2, -0.15) is 0 Å². The lowest BCUT2D eigenvalue weighted by Gasteiger charge is -2.36. The molecule has 5 rings (SSSR count). The smallest absolute Gasteiger partial charge is 0.248 e. The minimum absolute atomic E-state index is 0.00695. The van der Waals surface area contributed by atoms with E-state index in [0.29, 0.717) is 57.5 Å². The van der Waals surface area contributed by atoms with Gasteiger partial charge in [-0.1, -0.05) is 11.6 Å². The number of anilines is 1. The van der Waals surface area contributed by atoms with E-state index >= 15 is 0 Å². The summed E-state index contributed by atoms with van der Waals surface area (Å²) < 4.78 is 43.5. The van der Waals surface area contributed by atoms with Crippen molar-refractivity contribution in [3.8, 4) is 22.4 Å². The van der Waals surface area contributed by atoms with Gasteiger partial charge in [-0.15, -0.1) is 10.2 Å². The van der Waals surface area contributed by atoms with Gasteiger partial charge in [0.2, 0.25) is 5.91 Å². The fourth-order valence-electron chi connectivity index (χ4n) is 4.74. The number of carbonyl (C=O) groups excluding carboxylic acids is 1. The molecule has 190 valence electrons. The zero-order chi connectivity index (χ0) is 26.4. The van der Waals surface area contributed by atoms with E-state index in [1.807, 2.05) is 4.90 Å². The van der Waals surface area contributed by atoms with Crippen molar-refractivity contribution in [2.45, 2.75) is 25.6 Å². The number of nitrogens with zero attached hydrogens (tertiary/aromatic N) is 3. The van der Waals surface area contributed by atoms with Crippen LogP contribution in [0.5, 0.6) is 0 Å². The second-order valence-corrected chi connectivity index (χ2v) is 9.68. The number of nitrogens with two attached hydrogens (primary N) is 2. The molecular weight excluding hydrogens is 503 g/mol. The number of fused-ring (bicyclic) bond motifs is 1. The molecule has 1 amide bonds. The van der Waals surface area contributed by atoms with Gasteiger partial charge in [0.15, 0.2) is 0 Å². The Labute approximate surface area is 216 Å². The van der Waals surface area contributed by atoms with Gasteiger partial charge in [0, 0.05) is 34.7 Å². The topological polar surface area (TPSA) is 98.1 Å². The number of halogens is 4. The highest BCUT2D eigenvalue weighted by Gasteiger charge is 2.30. The van der Waals surface area contributed by atoms with E-state index in [1.54, 1.807) is 25.1 Å². The maximum Gasteiger partial charge on any atom is 0.248 e. The maximum atomic E-state index is 14.8. The van der Waals surface area contributed by atoms with Gasteiger partial charge < -0.3 is 16.4 Å². The van der Waals surface area contributed by atoms with E-state index in [1.165, 1.54) is 24.3 Å². The molecule has 0 radical (unpaired) electrons. The van der Waals surface area contributed by atoms with E-state index in [0.717, 1.165) is 6.07 Å². The lowest BCUT2D eigenvalue weighted by Crippen LogP contribution is -2.48. The molecular formula is C27H23ClF3N5O. The molecule has 2 heterocycles. The molecule has 0 aliphatic carbocycles. The van der Waals surface area contributed by atoms with Gasteiger partial charge in [0.25, 0.3) is 0 Å². The van der Waals surface area contributed by atoms with Crippen molar-refractivity contribution in [2.24, 2.45) is 11.5 Å². The number of benzene rings is 3. The fraction of sp³-hybridized carbons (Fsp3) is 0.222. The van der Waals surface area contributed by atoms with Crippen LogP contribution in [0.25, 0.3) is 33.3 Å². The first-order valence-electron chi connectivity index (χ1n) is 11.6. The average molecular weight is 526 g/mol. The summed E-state index contributed by atoms with van der Waals surface area (Å²) in [5, 5.41) is 9.49. The normalized spacial score (nSPS) is 17.8. The zero-order valence-electron chi connectivity index (χ0n) is 19.8. The molecule has 4 N–H and O–H groups in total. The zero-order valence-corrected chi connectivity index (χ0v) is 20.6. The predicted molar refractivity (Wildman–Crippen MR) is 138 cm³/mol. The number of primary amides is 1. The number of hydrogen-bond donors (Lipinski definition) is 2. The minimum Gasteiger partial charge on any atom is -0.366 e. The maximum absolute atomic E-state index is 14.8. The number of alkyl halides is 1. The van der Waals surface area contributed by atoms with E-state index in [-0.39, 0.29) is 17.1 Å². The van der Waals surface area contributed by atoms with Crippen LogP contribution in [0.2, 0.25) is 5.02 Å². The van der Waals surface area contributed by atoms with E-state index in [9.17, 15) is 18.0 Å². The monoisotopic (exact) mass is 525 g/mol. The third-order valence-corrected chi connectivity index (χ3v) is 6.85. The summed E-state index contributed by atoms with van der Waals surface area (Å²) in [6, 6.07) is 10.9. The molecule has 1 aromatic heterocycles. The Morgan fingerprint density at radius 2 is 1.76 bits per heavy atom. The van der Waals surface area contributed by atoms with Crippen molar-refractivity contribution < 1.29 is 18.0 Å². The first kappa shape index (κ1) is 25.0. The molecule has 1 saturated heterocycles. The highest BCUT2D eigenvalue weighted by atomic mass is 35.5. The van der Waals surface area contributed by atoms with Gasteiger partial charge in [0.05, 0.1) is 22.8 Å². The average Bonchev–Trinajstić information content (AvgIpc) is 2.83. The molecule has 0 saturated carbocycles. The molecule has 2 atom stereocenters. The van der Waals surface area contributed by atoms with Crippen LogP contribution >= 0.6 is 11.6 Å². The quantitative estimate of drug-likeness (QED) is 0.382. The Morgan fingerprint density at radius 1 is 1.03 bits per heavy atom. The summed E-state index contributed by atoms with van der Waals surface area (Å²) in [7, 11) is 0. The van der Waals surface area contributed by atoms with Crippen LogP contribution in [0.1, 0.15) is 22.3 Å². The Morgan fingerprint density at radius 3 is 2.46 bits per heavy atom. The number of aryl methyl sites for hydroxylation is 1. The van der Waals surface area contributed by atoms with Gasteiger partial charge >= 0.3 is 0 Å². The van der Waals surface area contributed by atoms with E-state index in [2.05, 4.69) is 10.2 Å². The summed E-state index contributed by atoms with van der Waals surface area (Å²) in [5.41, 5.74) is 14.5. The molecule has 0 unspecified atom stereocenters. The van der Waals surface area contributed by atoms with Crippen LogP contribution in [-0.4, -0.2) is 41.4 Å². The molecule has 0 bridgehead atoms. The van der Waals surface area contributed by atoms with Crippen LogP contribution < -0.4 is 16.4 Å². The molecule has 10 heteroatoms. The minimum atomic E-state index is -1.29. The van der Waals surface area contributed by atoms with Crippen LogP contribution in [0.3, 0.4) is 0 Å². The molecule has 37 heavy (non-hydrogen) atoms. The summed E-state index contributed by atoms with van der Waals surface area (Å²) in [6.45, 7) is 2.21. The first-order chi connectivity index (χ1) is 17.6. The van der Waals surface area contributed by atoms with Crippen LogP contribution in [0.15, 0.2) is 48.5 Å².